The van der Waals surface area contributed by atoms with Crippen molar-refractivity contribution in [3.05, 3.63) is 0 Å². The minimum absolute atomic E-state index is 0.346. The molecule has 0 aliphatic carbocycles. The van der Waals surface area contributed by atoms with E-state index < -0.39 is 5.97 Å². The second kappa shape index (κ2) is 45.6. The second-order valence-corrected chi connectivity index (χ2v) is 14.5. The van der Waals surface area contributed by atoms with Gasteiger partial charge in [0.15, 0.2) is 0 Å². The smallest absolute Gasteiger partial charge is 0.303 e. The lowest BCUT2D eigenvalue weighted by Gasteiger charge is -2.03. The van der Waals surface area contributed by atoms with Crippen LogP contribution in [0.2, 0.25) is 0 Å². The van der Waals surface area contributed by atoms with E-state index in [1.807, 2.05) is 0 Å². The molecule has 2 nitrogen and oxygen atoms in total. The fraction of sp³-hybridized carbons (Fsp3) is 0.977. The molecule has 0 saturated heterocycles. The van der Waals surface area contributed by atoms with Crippen molar-refractivity contribution < 1.29 is 9.90 Å². The highest BCUT2D eigenvalue weighted by Crippen LogP contribution is 2.16. The van der Waals surface area contributed by atoms with Crippen LogP contribution in [-0.2, 0) is 4.79 Å². The maximum absolute atomic E-state index is 10.4. The topological polar surface area (TPSA) is 37.3 Å². The molecule has 45 heavy (non-hydrogen) atoms. The van der Waals surface area contributed by atoms with E-state index in [2.05, 4.69) is 20.8 Å². The quantitative estimate of drug-likeness (QED) is 0.0685. The number of unbranched alkanes of at least 4 members (excludes halogenated alkanes) is 36. The van der Waals surface area contributed by atoms with E-state index >= 15 is 0 Å². The summed E-state index contributed by atoms with van der Waals surface area (Å²) in [4.78, 5) is 10.4. The molecule has 0 aromatic heterocycles. The molecule has 0 atom stereocenters. The molecule has 0 heterocycles. The lowest BCUT2D eigenvalue weighted by atomic mass is 10.0. The monoisotopic (exact) mass is 637 g/mol. The van der Waals surface area contributed by atoms with E-state index in [1.54, 1.807) is 0 Å². The van der Waals surface area contributed by atoms with Crippen molar-refractivity contribution in [2.45, 2.75) is 271 Å². The fourth-order valence-corrected chi connectivity index (χ4v) is 6.51. The molecule has 0 saturated carbocycles. The summed E-state index contributed by atoms with van der Waals surface area (Å²) in [5.41, 5.74) is 0. The highest BCUT2D eigenvalue weighted by molar-refractivity contribution is 5.66. The van der Waals surface area contributed by atoms with Gasteiger partial charge in [0.2, 0.25) is 0 Å². The first-order valence-corrected chi connectivity index (χ1v) is 21.4. The molecule has 0 unspecified atom stereocenters. The Bertz CT molecular complexity index is 484. The van der Waals surface area contributed by atoms with Gasteiger partial charge in [-0.3, -0.25) is 4.79 Å². The van der Waals surface area contributed by atoms with Gasteiger partial charge in [0.05, 0.1) is 0 Å². The number of rotatable bonds is 38. The Kier molecular flexibility index (Phi) is 47.2. The average molecular weight is 637 g/mol. The number of aliphatic carboxylic acids is 1. The minimum Gasteiger partial charge on any atom is -0.481 e. The van der Waals surface area contributed by atoms with Crippen LogP contribution in [0.4, 0.5) is 0 Å². The molecule has 0 amide bonds. The van der Waals surface area contributed by atoms with Crippen molar-refractivity contribution in [1.29, 1.82) is 0 Å². The van der Waals surface area contributed by atoms with Crippen LogP contribution in [0, 0.1) is 0 Å². The van der Waals surface area contributed by atoms with Gasteiger partial charge < -0.3 is 5.11 Å². The number of carboxylic acids is 1. The Hall–Kier alpha value is -0.530. The molecule has 0 aliphatic heterocycles. The van der Waals surface area contributed by atoms with Gasteiger partial charge in [-0.1, -0.05) is 258 Å². The minimum atomic E-state index is -0.651. The molecule has 1 N–H and O–H groups in total. The van der Waals surface area contributed by atoms with Crippen LogP contribution in [-0.4, -0.2) is 11.1 Å². The van der Waals surface area contributed by atoms with Gasteiger partial charge in [-0.15, -0.1) is 0 Å². The number of carboxylic acid groups (broad SMARTS) is 1. The zero-order valence-electron chi connectivity index (χ0n) is 31.9. The third-order valence-corrected chi connectivity index (χ3v) is 9.70. The van der Waals surface area contributed by atoms with E-state index in [0.29, 0.717) is 6.42 Å². The molecule has 0 aromatic carbocycles. The molecule has 0 radical (unpaired) electrons. The maximum Gasteiger partial charge on any atom is 0.303 e. The Morgan fingerprint density at radius 1 is 0.267 bits per heavy atom. The van der Waals surface area contributed by atoms with Gasteiger partial charge in [-0.2, -0.15) is 0 Å². The van der Waals surface area contributed by atoms with Gasteiger partial charge in [-0.05, 0) is 6.42 Å². The molecule has 0 aliphatic rings. The summed E-state index contributed by atoms with van der Waals surface area (Å²) in [6, 6.07) is 0. The van der Waals surface area contributed by atoms with Crippen LogP contribution < -0.4 is 0 Å². The fourth-order valence-electron chi connectivity index (χ4n) is 6.51. The predicted octanol–water partition coefficient (Wildman–Crippen LogP) is 16.3. The number of hydrogen-bond acceptors (Lipinski definition) is 1. The number of carbonyl (C=O) groups is 1. The Morgan fingerprint density at radius 2 is 0.400 bits per heavy atom. The summed E-state index contributed by atoms with van der Waals surface area (Å²) in [6.45, 7) is 6.88. The summed E-state index contributed by atoms with van der Waals surface area (Å²) >= 11 is 0. The molecular formula is C43H88O2. The predicted molar refractivity (Wildman–Crippen MR) is 205 cm³/mol. The number of hydrogen-bond donors (Lipinski definition) is 1. The highest BCUT2D eigenvalue weighted by atomic mass is 16.4. The van der Waals surface area contributed by atoms with E-state index in [-0.39, 0.29) is 0 Å². The summed E-state index contributed by atoms with van der Waals surface area (Å²) in [5, 5.41) is 8.56. The Labute approximate surface area is 286 Å². The summed E-state index contributed by atoms with van der Waals surface area (Å²) in [7, 11) is 0. The third kappa shape index (κ3) is 50.5. The van der Waals surface area contributed by atoms with E-state index in [0.717, 1.165) is 12.8 Å². The molecule has 0 fully saturated rings. The van der Waals surface area contributed by atoms with Crippen molar-refractivity contribution >= 4 is 5.97 Å². The molecule has 0 rings (SSSR count). The van der Waals surface area contributed by atoms with Crippen LogP contribution >= 0.6 is 0 Å². The standard InChI is InChI=1S/C22H44O2.C21H44/c1-2-3-4-5-6-7-8-9-10-11-12-13-14-15-16-17-18-19-20-21-22(23)24;1-3-5-7-9-11-13-15-17-19-21-20-18-16-14-12-10-8-6-4-2/h2-21H2,1H3,(H,23,24);3-21H2,1-2H3. The molecule has 2 heteroatoms. The molecule has 0 aromatic rings. The summed E-state index contributed by atoms with van der Waals surface area (Å²) < 4.78 is 0. The zero-order chi connectivity index (χ0) is 33.2. The van der Waals surface area contributed by atoms with Crippen LogP contribution in [0.3, 0.4) is 0 Å². The highest BCUT2D eigenvalue weighted by Gasteiger charge is 1.98. The first-order chi connectivity index (χ1) is 22.2. The van der Waals surface area contributed by atoms with E-state index in [1.165, 1.54) is 231 Å². The van der Waals surface area contributed by atoms with Gasteiger partial charge in [-0.25, -0.2) is 0 Å². The molecular weight excluding hydrogens is 548 g/mol. The molecule has 0 bridgehead atoms. The van der Waals surface area contributed by atoms with Gasteiger partial charge in [0.25, 0.3) is 0 Å². The Balaban J connectivity index is 0. The van der Waals surface area contributed by atoms with Crippen molar-refractivity contribution in [2.24, 2.45) is 0 Å². The maximum atomic E-state index is 10.4. The molecule has 0 spiro atoms. The van der Waals surface area contributed by atoms with Crippen molar-refractivity contribution in [2.75, 3.05) is 0 Å². The van der Waals surface area contributed by atoms with E-state index in [4.69, 9.17) is 5.11 Å². The van der Waals surface area contributed by atoms with Gasteiger partial charge in [0.1, 0.15) is 0 Å². The lowest BCUT2D eigenvalue weighted by Crippen LogP contribution is -1.93. The van der Waals surface area contributed by atoms with Crippen molar-refractivity contribution in [3.8, 4) is 0 Å². The Morgan fingerprint density at radius 3 is 0.533 bits per heavy atom. The van der Waals surface area contributed by atoms with Crippen molar-refractivity contribution in [3.63, 3.8) is 0 Å². The lowest BCUT2D eigenvalue weighted by molar-refractivity contribution is -0.137. The van der Waals surface area contributed by atoms with Gasteiger partial charge in [0, 0.05) is 6.42 Å². The first kappa shape index (κ1) is 46.6. The molecule has 272 valence electrons. The summed E-state index contributed by atoms with van der Waals surface area (Å²) in [5.74, 6) is -0.651. The van der Waals surface area contributed by atoms with Crippen LogP contribution in [0.25, 0.3) is 0 Å². The van der Waals surface area contributed by atoms with E-state index in [9.17, 15) is 4.79 Å². The van der Waals surface area contributed by atoms with Crippen LogP contribution in [0.15, 0.2) is 0 Å². The van der Waals surface area contributed by atoms with Crippen LogP contribution in [0.1, 0.15) is 271 Å². The summed E-state index contributed by atoms with van der Waals surface area (Å²) in [6.07, 6.45) is 54.0. The van der Waals surface area contributed by atoms with Gasteiger partial charge >= 0.3 is 5.97 Å². The van der Waals surface area contributed by atoms with Crippen molar-refractivity contribution in [1.82, 2.24) is 0 Å². The normalized spacial score (nSPS) is 11.1. The third-order valence-electron chi connectivity index (χ3n) is 9.70. The average Bonchev–Trinajstić information content (AvgIpc) is 3.04. The largest absolute Gasteiger partial charge is 0.481 e. The van der Waals surface area contributed by atoms with Crippen LogP contribution in [0.5, 0.6) is 0 Å². The first-order valence-electron chi connectivity index (χ1n) is 21.4. The second-order valence-electron chi connectivity index (χ2n) is 14.5. The SMILES string of the molecule is CCCCCCCCCCCCCCCCCCCCC.CCCCCCCCCCCCCCCCCCCCCC(=O)O. The zero-order valence-corrected chi connectivity index (χ0v) is 31.9.